The van der Waals surface area contributed by atoms with Crippen LogP contribution in [0.1, 0.15) is 42.2 Å². The first kappa shape index (κ1) is 17.6. The van der Waals surface area contributed by atoms with E-state index in [1.54, 1.807) is 11.8 Å². The van der Waals surface area contributed by atoms with Crippen LogP contribution in [-0.4, -0.2) is 17.3 Å². The zero-order valence-electron chi connectivity index (χ0n) is 14.6. The van der Waals surface area contributed by atoms with Crippen LogP contribution in [0.3, 0.4) is 0 Å². The van der Waals surface area contributed by atoms with Gasteiger partial charge in [-0.2, -0.15) is 0 Å². The molecule has 3 rings (SSSR count). The van der Waals surface area contributed by atoms with Crippen LogP contribution in [-0.2, 0) is 0 Å². The molecule has 0 unspecified atom stereocenters. The maximum atomic E-state index is 12.9. The van der Waals surface area contributed by atoms with Gasteiger partial charge in [-0.15, -0.1) is 18.3 Å². The minimum absolute atomic E-state index is 0.0512. The zero-order chi connectivity index (χ0) is 17.9. The van der Waals surface area contributed by atoms with Crippen molar-refractivity contribution in [2.45, 2.75) is 36.8 Å². The molecule has 0 spiro atoms. The normalized spacial score (nSPS) is 17.9. The number of thioether (sulfide) groups is 1. The highest BCUT2D eigenvalue weighted by molar-refractivity contribution is 7.99. The summed E-state index contributed by atoms with van der Waals surface area (Å²) in [6.07, 6.45) is 2.58. The number of hydrogen-bond donors (Lipinski definition) is 1. The van der Waals surface area contributed by atoms with Crippen LogP contribution in [0.5, 0.6) is 5.75 Å². The van der Waals surface area contributed by atoms with E-state index in [0.29, 0.717) is 5.56 Å². The highest BCUT2D eigenvalue weighted by Gasteiger charge is 2.34. The lowest BCUT2D eigenvalue weighted by Gasteiger charge is -2.38. The first-order chi connectivity index (χ1) is 12.0. The second kappa shape index (κ2) is 7.36. The summed E-state index contributed by atoms with van der Waals surface area (Å²) in [6, 6.07) is 15.6. The Morgan fingerprint density at radius 2 is 2.00 bits per heavy atom. The molecule has 0 saturated carbocycles. The molecule has 0 aliphatic carbocycles. The van der Waals surface area contributed by atoms with E-state index in [4.69, 9.17) is 4.74 Å². The van der Waals surface area contributed by atoms with Gasteiger partial charge in [0.1, 0.15) is 11.4 Å². The molecule has 0 fully saturated rings. The lowest BCUT2D eigenvalue weighted by Crippen LogP contribution is -2.41. The van der Waals surface area contributed by atoms with E-state index in [0.717, 1.165) is 28.4 Å². The van der Waals surface area contributed by atoms with Crippen LogP contribution in [0.25, 0.3) is 0 Å². The molecule has 1 heterocycles. The maximum Gasteiger partial charge on any atom is 0.252 e. The third-order valence-corrected chi connectivity index (χ3v) is 5.24. The van der Waals surface area contributed by atoms with Crippen LogP contribution < -0.4 is 10.1 Å². The summed E-state index contributed by atoms with van der Waals surface area (Å²) in [6.45, 7) is 7.85. The number of ether oxygens (including phenoxy) is 1. The van der Waals surface area contributed by atoms with Crippen LogP contribution in [0, 0.1) is 0 Å². The number of rotatable bonds is 5. The molecule has 1 amide bonds. The van der Waals surface area contributed by atoms with Crippen molar-refractivity contribution in [1.82, 2.24) is 5.32 Å². The molecule has 2 aromatic rings. The minimum Gasteiger partial charge on any atom is -0.487 e. The summed E-state index contributed by atoms with van der Waals surface area (Å²) in [4.78, 5) is 13.9. The monoisotopic (exact) mass is 353 g/mol. The summed E-state index contributed by atoms with van der Waals surface area (Å²) in [5.41, 5.74) is 1.42. The van der Waals surface area contributed by atoms with Gasteiger partial charge in [0.25, 0.3) is 5.91 Å². The van der Waals surface area contributed by atoms with Crippen LogP contribution >= 0.6 is 11.8 Å². The summed E-state index contributed by atoms with van der Waals surface area (Å²) in [7, 11) is 0. The molecule has 0 saturated heterocycles. The molecule has 130 valence electrons. The smallest absolute Gasteiger partial charge is 0.252 e. The van der Waals surface area contributed by atoms with Gasteiger partial charge in [0.2, 0.25) is 0 Å². The Hall–Kier alpha value is -2.20. The molecule has 3 nitrogen and oxygen atoms in total. The lowest BCUT2D eigenvalue weighted by atomic mass is 9.89. The standard InChI is InChI=1S/C21H23NO2S/c1-4-13-25-19-12-8-6-10-16(19)20(23)22-17-14-21(2,3)24-18-11-7-5-9-15(17)18/h4-12,17H,1,13-14H2,2-3H3,(H,22,23)/t17-/m0/s1. The number of hydrogen-bond acceptors (Lipinski definition) is 3. The first-order valence-electron chi connectivity index (χ1n) is 8.42. The van der Waals surface area contributed by atoms with E-state index in [9.17, 15) is 4.79 Å². The SMILES string of the molecule is C=CCSc1ccccc1C(=O)N[C@H]1CC(C)(C)Oc2ccccc21. The Morgan fingerprint density at radius 3 is 2.80 bits per heavy atom. The van der Waals surface area contributed by atoms with Gasteiger partial charge >= 0.3 is 0 Å². The van der Waals surface area contributed by atoms with Crippen molar-refractivity contribution in [3.05, 3.63) is 72.3 Å². The average Bonchev–Trinajstić information content (AvgIpc) is 2.59. The van der Waals surface area contributed by atoms with Crippen molar-refractivity contribution in [2.24, 2.45) is 0 Å². The number of carbonyl (C=O) groups is 1. The quantitative estimate of drug-likeness (QED) is 0.607. The van der Waals surface area contributed by atoms with E-state index in [2.05, 4.69) is 25.7 Å². The largest absolute Gasteiger partial charge is 0.487 e. The Bertz CT molecular complexity index is 785. The molecule has 1 N–H and O–H groups in total. The molecule has 1 aliphatic rings. The van der Waals surface area contributed by atoms with E-state index in [-0.39, 0.29) is 17.6 Å². The first-order valence-corrected chi connectivity index (χ1v) is 9.40. The molecular formula is C21H23NO2S. The topological polar surface area (TPSA) is 38.3 Å². The summed E-state index contributed by atoms with van der Waals surface area (Å²) in [5.74, 6) is 1.57. The van der Waals surface area contributed by atoms with Gasteiger partial charge in [0, 0.05) is 22.6 Å². The molecule has 2 aromatic carbocycles. The van der Waals surface area contributed by atoms with Gasteiger partial charge in [-0.3, -0.25) is 4.79 Å². The van der Waals surface area contributed by atoms with Gasteiger partial charge in [-0.1, -0.05) is 36.4 Å². The number of nitrogens with one attached hydrogen (secondary N) is 1. The molecule has 1 atom stereocenters. The van der Waals surface area contributed by atoms with Crippen molar-refractivity contribution in [3.63, 3.8) is 0 Å². The third-order valence-electron chi connectivity index (χ3n) is 4.17. The summed E-state index contributed by atoms with van der Waals surface area (Å²) >= 11 is 1.62. The second-order valence-electron chi connectivity index (χ2n) is 6.73. The van der Waals surface area contributed by atoms with Crippen LogP contribution in [0.15, 0.2) is 66.1 Å². The number of fused-ring (bicyclic) bond motifs is 1. The molecule has 0 bridgehead atoms. The fraction of sp³-hybridized carbons (Fsp3) is 0.286. The Morgan fingerprint density at radius 1 is 1.28 bits per heavy atom. The van der Waals surface area contributed by atoms with Crippen molar-refractivity contribution >= 4 is 17.7 Å². The molecule has 1 aliphatic heterocycles. The third kappa shape index (κ3) is 4.07. The summed E-state index contributed by atoms with van der Waals surface area (Å²) < 4.78 is 6.05. The van der Waals surface area contributed by atoms with Crippen molar-refractivity contribution in [1.29, 1.82) is 0 Å². The summed E-state index contributed by atoms with van der Waals surface area (Å²) in [5, 5.41) is 3.21. The van der Waals surface area contributed by atoms with Gasteiger partial charge in [-0.05, 0) is 32.0 Å². The van der Waals surface area contributed by atoms with E-state index in [1.807, 2.05) is 54.6 Å². The number of carbonyl (C=O) groups excluding carboxylic acids is 1. The second-order valence-corrected chi connectivity index (χ2v) is 7.79. The molecule has 0 radical (unpaired) electrons. The number of benzene rings is 2. The van der Waals surface area contributed by atoms with Crippen LogP contribution in [0.2, 0.25) is 0 Å². The molecular weight excluding hydrogens is 330 g/mol. The highest BCUT2D eigenvalue weighted by Crippen LogP contribution is 2.39. The fourth-order valence-electron chi connectivity index (χ4n) is 3.10. The fourth-order valence-corrected chi connectivity index (χ4v) is 3.88. The molecule has 25 heavy (non-hydrogen) atoms. The van der Waals surface area contributed by atoms with Crippen molar-refractivity contribution in [3.8, 4) is 5.75 Å². The number of amides is 1. The zero-order valence-corrected chi connectivity index (χ0v) is 15.4. The van der Waals surface area contributed by atoms with Gasteiger partial charge < -0.3 is 10.1 Å². The lowest BCUT2D eigenvalue weighted by molar-refractivity contribution is 0.0619. The Balaban J connectivity index is 1.85. The number of para-hydroxylation sites is 1. The predicted octanol–water partition coefficient (Wildman–Crippen LogP) is 5.00. The van der Waals surface area contributed by atoms with E-state index >= 15 is 0 Å². The van der Waals surface area contributed by atoms with Gasteiger partial charge in [0.15, 0.2) is 0 Å². The Kier molecular flexibility index (Phi) is 5.19. The molecule has 0 aromatic heterocycles. The Labute approximate surface area is 153 Å². The van der Waals surface area contributed by atoms with E-state index in [1.165, 1.54) is 0 Å². The minimum atomic E-state index is -0.316. The maximum absolute atomic E-state index is 12.9. The van der Waals surface area contributed by atoms with Gasteiger partial charge in [-0.25, -0.2) is 0 Å². The predicted molar refractivity (Wildman–Crippen MR) is 103 cm³/mol. The average molecular weight is 353 g/mol. The highest BCUT2D eigenvalue weighted by atomic mass is 32.2. The van der Waals surface area contributed by atoms with E-state index < -0.39 is 0 Å². The van der Waals surface area contributed by atoms with Crippen LogP contribution in [0.4, 0.5) is 0 Å². The molecule has 4 heteroatoms. The van der Waals surface area contributed by atoms with Gasteiger partial charge in [0.05, 0.1) is 11.6 Å². The van der Waals surface area contributed by atoms with Crippen molar-refractivity contribution < 1.29 is 9.53 Å². The van der Waals surface area contributed by atoms with Crippen molar-refractivity contribution in [2.75, 3.05) is 5.75 Å².